The lowest BCUT2D eigenvalue weighted by Crippen LogP contribution is -2.33. The van der Waals surface area contributed by atoms with Gasteiger partial charge in [0.15, 0.2) is 5.60 Å². The van der Waals surface area contributed by atoms with Gasteiger partial charge in [0.05, 0.1) is 12.0 Å². The molecule has 0 spiro atoms. The standard InChI is InChI=1S/C15H24O3/c1-14(2,3)13(16)18-15(4,5)8-7-11-9-12(11)10-17-6/h11-12H,9-10H2,1-6H3/t11-,12+/m0/s1. The molecule has 3 nitrogen and oxygen atoms in total. The smallest absolute Gasteiger partial charge is 0.312 e. The number of ether oxygens (including phenoxy) is 2. The van der Waals surface area contributed by atoms with Crippen LogP contribution in [-0.2, 0) is 14.3 Å². The number of rotatable bonds is 3. The summed E-state index contributed by atoms with van der Waals surface area (Å²) in [6, 6.07) is 0. The predicted octanol–water partition coefficient (Wildman–Crippen LogP) is 2.64. The summed E-state index contributed by atoms with van der Waals surface area (Å²) in [7, 11) is 1.71. The molecule has 3 heteroatoms. The fourth-order valence-corrected chi connectivity index (χ4v) is 1.50. The first-order valence-electron chi connectivity index (χ1n) is 6.41. The van der Waals surface area contributed by atoms with Crippen LogP contribution in [0.2, 0.25) is 0 Å². The summed E-state index contributed by atoms with van der Waals surface area (Å²) < 4.78 is 10.5. The summed E-state index contributed by atoms with van der Waals surface area (Å²) in [5.41, 5.74) is -1.21. The maximum absolute atomic E-state index is 11.8. The van der Waals surface area contributed by atoms with Gasteiger partial charge in [-0.25, -0.2) is 0 Å². The zero-order valence-corrected chi connectivity index (χ0v) is 12.3. The van der Waals surface area contributed by atoms with E-state index >= 15 is 0 Å². The fourth-order valence-electron chi connectivity index (χ4n) is 1.50. The van der Waals surface area contributed by atoms with Gasteiger partial charge in [-0.05, 0) is 47.0 Å². The molecule has 1 rings (SSSR count). The molecule has 0 heterocycles. The highest BCUT2D eigenvalue weighted by Crippen LogP contribution is 2.38. The van der Waals surface area contributed by atoms with Crippen molar-refractivity contribution in [2.45, 2.75) is 46.6 Å². The van der Waals surface area contributed by atoms with Crippen molar-refractivity contribution < 1.29 is 14.3 Å². The van der Waals surface area contributed by atoms with Crippen LogP contribution in [-0.4, -0.2) is 25.3 Å². The summed E-state index contributed by atoms with van der Waals surface area (Å²) >= 11 is 0. The molecule has 0 aromatic carbocycles. The molecule has 1 fully saturated rings. The quantitative estimate of drug-likeness (QED) is 0.572. The Balaban J connectivity index is 2.51. The molecular weight excluding hydrogens is 228 g/mol. The highest BCUT2D eigenvalue weighted by Gasteiger charge is 2.36. The van der Waals surface area contributed by atoms with Crippen LogP contribution >= 0.6 is 0 Å². The predicted molar refractivity (Wildman–Crippen MR) is 70.9 cm³/mol. The van der Waals surface area contributed by atoms with Crippen molar-refractivity contribution in [2.75, 3.05) is 13.7 Å². The van der Waals surface area contributed by atoms with Crippen molar-refractivity contribution in [2.24, 2.45) is 17.3 Å². The van der Waals surface area contributed by atoms with Gasteiger partial charge in [0.1, 0.15) is 0 Å². The van der Waals surface area contributed by atoms with Crippen LogP contribution in [0, 0.1) is 29.1 Å². The van der Waals surface area contributed by atoms with Crippen LogP contribution in [0.5, 0.6) is 0 Å². The Morgan fingerprint density at radius 3 is 2.39 bits per heavy atom. The van der Waals surface area contributed by atoms with Gasteiger partial charge in [0.25, 0.3) is 0 Å². The van der Waals surface area contributed by atoms with Crippen LogP contribution in [0.4, 0.5) is 0 Å². The SMILES string of the molecule is COC[C@H]1C[C@@H]1C#CC(C)(C)OC(=O)C(C)(C)C. The Hall–Kier alpha value is -1.01. The van der Waals surface area contributed by atoms with Crippen LogP contribution in [0.3, 0.4) is 0 Å². The molecule has 102 valence electrons. The number of hydrogen-bond acceptors (Lipinski definition) is 3. The summed E-state index contributed by atoms with van der Waals surface area (Å²) in [4.78, 5) is 11.8. The van der Waals surface area contributed by atoms with E-state index in [0.717, 1.165) is 13.0 Å². The van der Waals surface area contributed by atoms with E-state index in [1.807, 2.05) is 34.6 Å². The highest BCUT2D eigenvalue weighted by atomic mass is 16.6. The Kier molecular flexibility index (Phi) is 4.45. The van der Waals surface area contributed by atoms with E-state index in [2.05, 4.69) is 11.8 Å². The number of carbonyl (C=O) groups excluding carboxylic acids is 1. The molecule has 0 aliphatic heterocycles. The second-order valence-corrected chi connectivity index (χ2v) is 6.48. The first kappa shape index (κ1) is 15.0. The van der Waals surface area contributed by atoms with Crippen molar-refractivity contribution in [3.63, 3.8) is 0 Å². The average Bonchev–Trinajstić information content (AvgIpc) is 2.92. The monoisotopic (exact) mass is 252 g/mol. The topological polar surface area (TPSA) is 35.5 Å². The molecule has 0 radical (unpaired) electrons. The van der Waals surface area contributed by atoms with E-state index in [4.69, 9.17) is 9.47 Å². The molecule has 1 aliphatic rings. The van der Waals surface area contributed by atoms with Crippen molar-refractivity contribution in [1.82, 2.24) is 0 Å². The largest absolute Gasteiger partial charge is 0.446 e. The zero-order chi connectivity index (χ0) is 14.0. The third-order valence-corrected chi connectivity index (χ3v) is 2.82. The molecule has 0 bridgehead atoms. The normalized spacial score (nSPS) is 23.0. The van der Waals surface area contributed by atoms with E-state index in [0.29, 0.717) is 11.8 Å². The van der Waals surface area contributed by atoms with Crippen LogP contribution < -0.4 is 0 Å². The molecule has 0 aromatic heterocycles. The lowest BCUT2D eigenvalue weighted by molar-refractivity contribution is -0.161. The first-order chi connectivity index (χ1) is 8.15. The second kappa shape index (κ2) is 5.32. The van der Waals surface area contributed by atoms with Crippen molar-refractivity contribution in [3.05, 3.63) is 0 Å². The lowest BCUT2D eigenvalue weighted by Gasteiger charge is -2.24. The molecule has 0 aromatic rings. The second-order valence-electron chi connectivity index (χ2n) is 6.48. The third-order valence-electron chi connectivity index (χ3n) is 2.82. The minimum atomic E-state index is -0.718. The van der Waals surface area contributed by atoms with Gasteiger partial charge in [-0.3, -0.25) is 4.79 Å². The number of carbonyl (C=O) groups is 1. The van der Waals surface area contributed by atoms with E-state index < -0.39 is 11.0 Å². The molecular formula is C15H24O3. The Morgan fingerprint density at radius 2 is 1.89 bits per heavy atom. The number of hydrogen-bond donors (Lipinski definition) is 0. The number of esters is 1. The van der Waals surface area contributed by atoms with E-state index in [1.54, 1.807) is 7.11 Å². The van der Waals surface area contributed by atoms with E-state index in [-0.39, 0.29) is 5.97 Å². The maximum Gasteiger partial charge on any atom is 0.312 e. The van der Waals surface area contributed by atoms with Crippen molar-refractivity contribution in [1.29, 1.82) is 0 Å². The maximum atomic E-state index is 11.8. The summed E-state index contributed by atoms with van der Waals surface area (Å²) in [6.45, 7) is 9.95. The molecule has 0 saturated heterocycles. The Morgan fingerprint density at radius 1 is 1.28 bits per heavy atom. The Labute approximate surface area is 110 Å². The molecule has 1 saturated carbocycles. The van der Waals surface area contributed by atoms with Crippen molar-refractivity contribution >= 4 is 5.97 Å². The van der Waals surface area contributed by atoms with Gasteiger partial charge in [-0.15, -0.1) is 0 Å². The van der Waals surface area contributed by atoms with E-state index in [1.165, 1.54) is 0 Å². The van der Waals surface area contributed by atoms with Gasteiger partial charge in [0.2, 0.25) is 0 Å². The molecule has 0 N–H and O–H groups in total. The van der Waals surface area contributed by atoms with E-state index in [9.17, 15) is 4.79 Å². The zero-order valence-electron chi connectivity index (χ0n) is 12.3. The molecule has 0 amide bonds. The minimum Gasteiger partial charge on any atom is -0.446 e. The average molecular weight is 252 g/mol. The molecule has 2 atom stereocenters. The van der Waals surface area contributed by atoms with Gasteiger partial charge in [-0.2, -0.15) is 0 Å². The summed E-state index contributed by atoms with van der Waals surface area (Å²) in [5, 5.41) is 0. The summed E-state index contributed by atoms with van der Waals surface area (Å²) in [5.74, 6) is 6.98. The first-order valence-corrected chi connectivity index (χ1v) is 6.41. The van der Waals surface area contributed by atoms with Gasteiger partial charge < -0.3 is 9.47 Å². The van der Waals surface area contributed by atoms with Crippen molar-refractivity contribution in [3.8, 4) is 11.8 Å². The van der Waals surface area contributed by atoms with Gasteiger partial charge in [0, 0.05) is 13.0 Å². The van der Waals surface area contributed by atoms with Gasteiger partial charge in [-0.1, -0.05) is 11.8 Å². The lowest BCUT2D eigenvalue weighted by atomic mass is 9.97. The molecule has 18 heavy (non-hydrogen) atoms. The minimum absolute atomic E-state index is 0.217. The fraction of sp³-hybridized carbons (Fsp3) is 0.800. The molecule has 0 unspecified atom stereocenters. The number of methoxy groups -OCH3 is 1. The van der Waals surface area contributed by atoms with Crippen LogP contribution in [0.25, 0.3) is 0 Å². The van der Waals surface area contributed by atoms with Crippen LogP contribution in [0.15, 0.2) is 0 Å². The summed E-state index contributed by atoms with van der Waals surface area (Å²) in [6.07, 6.45) is 1.09. The van der Waals surface area contributed by atoms with Crippen LogP contribution in [0.1, 0.15) is 41.0 Å². The molecule has 1 aliphatic carbocycles. The Bertz CT molecular complexity index is 365. The third kappa shape index (κ3) is 4.70. The van der Waals surface area contributed by atoms with Gasteiger partial charge >= 0.3 is 5.97 Å². The highest BCUT2D eigenvalue weighted by molar-refractivity contribution is 5.76.